The van der Waals surface area contributed by atoms with Crippen LogP contribution in [-0.2, 0) is 9.59 Å². The van der Waals surface area contributed by atoms with Crippen molar-refractivity contribution >= 4 is 17.8 Å². The van der Waals surface area contributed by atoms with Gasteiger partial charge in [0.25, 0.3) is 5.78 Å². The lowest BCUT2D eigenvalue weighted by atomic mass is 10.2. The maximum atomic E-state index is 12.9. The van der Waals surface area contributed by atoms with Gasteiger partial charge < -0.3 is 14.6 Å². The smallest absolute Gasteiger partial charge is 0.488 e. The fourth-order valence-corrected chi connectivity index (χ4v) is 2.67. The number of carboxylic acid groups (broad SMARTS) is 1. The second kappa shape index (κ2) is 9.79. The molecule has 0 aliphatic carbocycles. The summed E-state index contributed by atoms with van der Waals surface area (Å²) in [6.07, 6.45) is -1.44. The molecule has 1 N–H and O–H groups in total. The average Bonchev–Trinajstić information content (AvgIpc) is 2.73. The Labute approximate surface area is 167 Å². The molecule has 8 heteroatoms. The highest BCUT2D eigenvalue weighted by molar-refractivity contribution is 6.34. The second-order valence-corrected chi connectivity index (χ2v) is 6.25. The summed E-state index contributed by atoms with van der Waals surface area (Å²) in [4.78, 5) is 35.8. The highest BCUT2D eigenvalue weighted by atomic mass is 19.1. The lowest BCUT2D eigenvalue weighted by Gasteiger charge is -2.27. The van der Waals surface area contributed by atoms with Gasteiger partial charge in [0.15, 0.2) is 0 Å². The van der Waals surface area contributed by atoms with Gasteiger partial charge in [-0.3, -0.25) is 4.79 Å². The van der Waals surface area contributed by atoms with Crippen LogP contribution >= 0.6 is 0 Å². The van der Waals surface area contributed by atoms with Crippen molar-refractivity contribution in [1.29, 1.82) is 0 Å². The van der Waals surface area contributed by atoms with Crippen LogP contribution in [0.4, 0.5) is 9.18 Å². The predicted molar refractivity (Wildman–Crippen MR) is 102 cm³/mol. The van der Waals surface area contributed by atoms with Crippen LogP contribution in [-0.4, -0.2) is 47.1 Å². The van der Waals surface area contributed by atoms with Gasteiger partial charge in [0.2, 0.25) is 0 Å². The molecule has 0 saturated heterocycles. The predicted octanol–water partition coefficient (Wildman–Crippen LogP) is 4.02. The monoisotopic (exact) mass is 404 g/mol. The summed E-state index contributed by atoms with van der Waals surface area (Å²) < 4.78 is 23.1. The maximum absolute atomic E-state index is 12.9. The summed E-state index contributed by atoms with van der Waals surface area (Å²) in [5, 5.41) is 9.53. The number of ether oxygens (including phenoxy) is 2. The number of benzene rings is 2. The van der Waals surface area contributed by atoms with E-state index in [0.29, 0.717) is 17.2 Å². The first kappa shape index (κ1) is 22.0. The molecule has 29 heavy (non-hydrogen) atoms. The van der Waals surface area contributed by atoms with Crippen molar-refractivity contribution in [2.45, 2.75) is 20.3 Å². The molecule has 0 aliphatic rings. The summed E-state index contributed by atoms with van der Waals surface area (Å²) in [7, 11) is 0. The Kier molecular flexibility index (Phi) is 7.44. The minimum atomic E-state index is -1.38. The van der Waals surface area contributed by atoms with E-state index in [1.165, 1.54) is 38.1 Å². The topological polar surface area (TPSA) is 89.9 Å². The number of hydrogen-bond acceptors (Lipinski definition) is 5. The Morgan fingerprint density at radius 2 is 1.45 bits per heavy atom. The fraction of sp³-hybridized carbons (Fsp3) is 0.286. The summed E-state index contributed by atoms with van der Waals surface area (Å²) in [6.45, 7) is 2.74. The molecule has 2 aromatic carbocycles. The van der Waals surface area contributed by atoms with E-state index in [-0.39, 0.29) is 31.9 Å². The van der Waals surface area contributed by atoms with Gasteiger partial charge in [-0.1, -0.05) is 6.92 Å². The number of Topliss-reactive ketones (excluding diaryl/α,β-unsaturated/α-hetero) is 1. The van der Waals surface area contributed by atoms with E-state index in [2.05, 4.69) is 0 Å². The van der Waals surface area contributed by atoms with Gasteiger partial charge in [-0.25, -0.2) is 9.18 Å². The quantitative estimate of drug-likeness (QED) is 0.502. The number of rotatable bonds is 9. The molecule has 2 aromatic rings. The first-order chi connectivity index (χ1) is 13.8. The Balaban J connectivity index is 1.99. The van der Waals surface area contributed by atoms with Crippen LogP contribution in [0.5, 0.6) is 17.2 Å². The molecule has 2 amide bonds. The van der Waals surface area contributed by atoms with E-state index in [1.54, 1.807) is 24.3 Å². The van der Waals surface area contributed by atoms with Gasteiger partial charge in [0.1, 0.15) is 36.2 Å². The Morgan fingerprint density at radius 3 is 1.93 bits per heavy atom. The molecule has 7 nitrogen and oxygen atoms in total. The zero-order valence-electron chi connectivity index (χ0n) is 16.3. The Hall–Kier alpha value is -3.26. The van der Waals surface area contributed by atoms with Gasteiger partial charge in [-0.2, -0.15) is 9.28 Å². The number of ketones is 1. The number of nitrogens with zero attached hydrogens (tertiary/aromatic N) is 1. The summed E-state index contributed by atoms with van der Waals surface area (Å²) in [6, 6.07) is 12.1. The molecule has 0 saturated carbocycles. The largest absolute Gasteiger partial charge is 0.521 e. The van der Waals surface area contributed by atoms with Crippen LogP contribution in [0.2, 0.25) is 0 Å². The molecule has 0 aliphatic heterocycles. The van der Waals surface area contributed by atoms with Crippen LogP contribution in [0.25, 0.3) is 0 Å². The van der Waals surface area contributed by atoms with Crippen molar-refractivity contribution < 1.29 is 37.8 Å². The molecule has 1 atom stereocenters. The van der Waals surface area contributed by atoms with Crippen molar-refractivity contribution in [3.8, 4) is 17.2 Å². The molecule has 0 spiro atoms. The van der Waals surface area contributed by atoms with Crippen molar-refractivity contribution in [3.05, 3.63) is 54.3 Å². The minimum absolute atomic E-state index is 0.0531. The zero-order valence-corrected chi connectivity index (χ0v) is 16.3. The highest BCUT2D eigenvalue weighted by Crippen LogP contribution is 2.24. The average molecular weight is 404 g/mol. The molecule has 154 valence electrons. The van der Waals surface area contributed by atoms with E-state index in [0.717, 1.165) is 0 Å². The van der Waals surface area contributed by atoms with Gasteiger partial charge in [0, 0.05) is 6.42 Å². The number of quaternary nitrogens is 1. The third kappa shape index (κ3) is 5.39. The van der Waals surface area contributed by atoms with E-state index in [1.807, 2.05) is 0 Å². The highest BCUT2D eigenvalue weighted by Gasteiger charge is 2.46. The number of imide groups is 1. The van der Waals surface area contributed by atoms with Gasteiger partial charge in [-0.05, 0) is 55.5 Å². The second-order valence-electron chi connectivity index (χ2n) is 6.25. The number of likely N-dealkylation sites (N-methyl/N-ethyl adjacent to an activating group) is 1. The molecule has 0 bridgehead atoms. The lowest BCUT2D eigenvalue weighted by Crippen LogP contribution is -2.60. The first-order valence-electron chi connectivity index (χ1n) is 9.17. The number of carbonyl (C=O) groups is 3. The summed E-state index contributed by atoms with van der Waals surface area (Å²) >= 11 is 0. The van der Waals surface area contributed by atoms with Crippen LogP contribution in [0, 0.1) is 5.82 Å². The van der Waals surface area contributed by atoms with E-state index < -0.39 is 22.3 Å². The standard InChI is InChI=1S/C21H22FNO6/c1-3-19(24)20(25)23(4-2,21(26)27)13-14-28-16-9-11-18(12-10-16)29-17-7-5-15(22)6-8-17/h5-12H,3-4,13-14H2,1-2H3/p+1. The molecule has 2 rings (SSSR count). The van der Waals surface area contributed by atoms with Crippen LogP contribution in [0.3, 0.4) is 0 Å². The molecule has 1 unspecified atom stereocenters. The summed E-state index contributed by atoms with van der Waals surface area (Å²) in [5.41, 5.74) is 0. The molecular weight excluding hydrogens is 381 g/mol. The van der Waals surface area contributed by atoms with E-state index >= 15 is 0 Å². The van der Waals surface area contributed by atoms with Gasteiger partial charge in [0.05, 0.1) is 6.54 Å². The third-order valence-electron chi connectivity index (χ3n) is 4.47. The molecular formula is C21H23FNO6+. The van der Waals surface area contributed by atoms with E-state index in [9.17, 15) is 23.9 Å². The van der Waals surface area contributed by atoms with Crippen molar-refractivity contribution in [2.75, 3.05) is 19.7 Å². The van der Waals surface area contributed by atoms with Crippen molar-refractivity contribution in [3.63, 3.8) is 0 Å². The molecule has 0 radical (unpaired) electrons. The SMILES string of the molecule is CCC(=O)C(=O)[N+](CC)(CCOc1ccc(Oc2ccc(F)cc2)cc1)C(=O)O. The number of carbonyl (C=O) groups excluding carboxylic acids is 2. The fourth-order valence-electron chi connectivity index (χ4n) is 2.67. The molecule has 0 fully saturated rings. The van der Waals surface area contributed by atoms with Gasteiger partial charge >= 0.3 is 12.0 Å². The normalized spacial score (nSPS) is 12.7. The minimum Gasteiger partial charge on any atom is -0.488 e. The Bertz CT molecular complexity index is 866. The van der Waals surface area contributed by atoms with Gasteiger partial charge in [-0.15, -0.1) is 0 Å². The number of hydrogen-bond donors (Lipinski definition) is 1. The lowest BCUT2D eigenvalue weighted by molar-refractivity contribution is -0.776. The maximum Gasteiger partial charge on any atom is 0.521 e. The number of halogens is 1. The van der Waals surface area contributed by atoms with Crippen LogP contribution < -0.4 is 9.47 Å². The molecule has 0 heterocycles. The third-order valence-corrected chi connectivity index (χ3v) is 4.47. The van der Waals surface area contributed by atoms with Crippen LogP contribution in [0.15, 0.2) is 48.5 Å². The van der Waals surface area contributed by atoms with Crippen molar-refractivity contribution in [2.24, 2.45) is 0 Å². The summed E-state index contributed by atoms with van der Waals surface area (Å²) in [5.74, 6) is -0.596. The Morgan fingerprint density at radius 1 is 0.931 bits per heavy atom. The molecule has 0 aromatic heterocycles. The van der Waals surface area contributed by atoms with Crippen LogP contribution in [0.1, 0.15) is 20.3 Å². The zero-order chi connectivity index (χ0) is 21.4. The van der Waals surface area contributed by atoms with Crippen molar-refractivity contribution in [1.82, 2.24) is 0 Å². The first-order valence-corrected chi connectivity index (χ1v) is 9.17. The number of amides is 2. The van der Waals surface area contributed by atoms with E-state index in [4.69, 9.17) is 9.47 Å².